The lowest BCUT2D eigenvalue weighted by Gasteiger charge is -2.08. The summed E-state index contributed by atoms with van der Waals surface area (Å²) in [4.78, 5) is 11.6. The van der Waals surface area contributed by atoms with Gasteiger partial charge in [-0.2, -0.15) is 0 Å². The summed E-state index contributed by atoms with van der Waals surface area (Å²) in [5.74, 6) is -0.105. The first-order chi connectivity index (χ1) is 8.72. The molecule has 1 aliphatic rings. The van der Waals surface area contributed by atoms with Crippen LogP contribution in [-0.2, 0) is 14.3 Å². The summed E-state index contributed by atoms with van der Waals surface area (Å²) in [5.41, 5.74) is 0.955. The van der Waals surface area contributed by atoms with Crippen molar-refractivity contribution in [3.8, 4) is 0 Å². The number of allylic oxidation sites excluding steroid dienone is 3. The van der Waals surface area contributed by atoms with Gasteiger partial charge in [0, 0.05) is 6.08 Å². The summed E-state index contributed by atoms with van der Waals surface area (Å²) < 4.78 is 10.5. The molecule has 102 valence electrons. The molecule has 1 saturated heterocycles. The molecule has 1 amide bonds. The highest BCUT2D eigenvalue weighted by molar-refractivity contribution is 5.88. The van der Waals surface area contributed by atoms with Gasteiger partial charge in [-0.05, 0) is 18.9 Å². The number of carbonyl (C=O) groups is 1. The van der Waals surface area contributed by atoms with Crippen LogP contribution < -0.4 is 5.32 Å². The lowest BCUT2D eigenvalue weighted by Crippen LogP contribution is -2.31. The van der Waals surface area contributed by atoms with E-state index in [2.05, 4.69) is 18.3 Å². The van der Waals surface area contributed by atoms with Crippen molar-refractivity contribution in [3.63, 3.8) is 0 Å². The second-order valence-electron chi connectivity index (χ2n) is 4.35. The van der Waals surface area contributed by atoms with Gasteiger partial charge in [-0.3, -0.25) is 4.79 Å². The van der Waals surface area contributed by atoms with Crippen LogP contribution in [0.1, 0.15) is 33.1 Å². The van der Waals surface area contributed by atoms with Crippen molar-refractivity contribution in [1.82, 2.24) is 5.32 Å². The molecule has 0 atom stereocenters. The molecule has 0 saturated carbocycles. The van der Waals surface area contributed by atoms with Crippen LogP contribution >= 0.6 is 0 Å². The van der Waals surface area contributed by atoms with Gasteiger partial charge < -0.3 is 14.8 Å². The van der Waals surface area contributed by atoms with E-state index in [0.29, 0.717) is 19.8 Å². The fraction of sp³-hybridized carbons (Fsp3) is 0.643. The van der Waals surface area contributed by atoms with Crippen LogP contribution in [0, 0.1) is 0 Å². The second kappa shape index (κ2) is 8.89. The number of unbranched alkanes of at least 4 members (excludes halogenated alkanes) is 2. The van der Waals surface area contributed by atoms with E-state index in [1.54, 1.807) is 6.08 Å². The van der Waals surface area contributed by atoms with Gasteiger partial charge in [-0.25, -0.2) is 0 Å². The third kappa shape index (κ3) is 6.57. The largest absolute Gasteiger partial charge is 0.348 e. The Labute approximate surface area is 109 Å². The molecule has 18 heavy (non-hydrogen) atoms. The molecule has 1 heterocycles. The van der Waals surface area contributed by atoms with Crippen LogP contribution in [0.3, 0.4) is 0 Å². The zero-order chi connectivity index (χ0) is 13.2. The Balaban J connectivity index is 2.21. The maximum atomic E-state index is 11.6. The number of rotatable bonds is 7. The molecule has 0 aromatic rings. The quantitative estimate of drug-likeness (QED) is 0.430. The first kappa shape index (κ1) is 14.9. The fourth-order valence-corrected chi connectivity index (χ4v) is 1.61. The maximum Gasteiger partial charge on any atom is 0.244 e. The average Bonchev–Trinajstić information content (AvgIpc) is 2.85. The highest BCUT2D eigenvalue weighted by atomic mass is 16.7. The Bertz CT molecular complexity index is 304. The molecule has 0 aliphatic carbocycles. The van der Waals surface area contributed by atoms with Gasteiger partial charge >= 0.3 is 0 Å². The number of nitrogens with one attached hydrogen (secondary N) is 1. The molecule has 0 unspecified atom stereocenters. The molecule has 1 N–H and O–H groups in total. The van der Waals surface area contributed by atoms with Crippen LogP contribution in [-0.4, -0.2) is 32.0 Å². The van der Waals surface area contributed by atoms with Crippen molar-refractivity contribution in [1.29, 1.82) is 0 Å². The standard InChI is InChI=1S/C14H23NO3/c1-3-4-5-6-7-12(2)10-13(16)15-11-14-17-8-9-18-14/h6-7,10,14H,3-5,8-9,11H2,1-2H3,(H,15,16)/b7-6+,12-10+. The van der Waals surface area contributed by atoms with E-state index in [9.17, 15) is 4.79 Å². The zero-order valence-electron chi connectivity index (χ0n) is 11.3. The molecule has 0 aromatic heterocycles. The SMILES string of the molecule is CCCC/C=C/C(C)=C/C(=O)NCC1OCCO1. The van der Waals surface area contributed by atoms with E-state index in [1.165, 1.54) is 12.8 Å². The normalized spacial score (nSPS) is 17.6. The summed E-state index contributed by atoms with van der Waals surface area (Å²) in [6.45, 7) is 5.70. The Kier molecular flexibility index (Phi) is 7.37. The highest BCUT2D eigenvalue weighted by Gasteiger charge is 2.15. The lowest BCUT2D eigenvalue weighted by atomic mass is 10.2. The summed E-state index contributed by atoms with van der Waals surface area (Å²) in [5, 5.41) is 2.76. The Morgan fingerprint density at radius 1 is 1.39 bits per heavy atom. The Morgan fingerprint density at radius 3 is 2.78 bits per heavy atom. The highest BCUT2D eigenvalue weighted by Crippen LogP contribution is 2.02. The van der Waals surface area contributed by atoms with Gasteiger partial charge in [-0.15, -0.1) is 0 Å². The molecule has 0 bridgehead atoms. The van der Waals surface area contributed by atoms with Crippen LogP contribution in [0.5, 0.6) is 0 Å². The van der Waals surface area contributed by atoms with Gasteiger partial charge in [0.15, 0.2) is 6.29 Å². The number of carbonyl (C=O) groups excluding carboxylic acids is 1. The molecular weight excluding hydrogens is 230 g/mol. The smallest absolute Gasteiger partial charge is 0.244 e. The van der Waals surface area contributed by atoms with E-state index >= 15 is 0 Å². The molecule has 1 rings (SSSR count). The first-order valence-electron chi connectivity index (χ1n) is 6.58. The van der Waals surface area contributed by atoms with Crippen molar-refractivity contribution >= 4 is 5.91 Å². The topological polar surface area (TPSA) is 47.6 Å². The maximum absolute atomic E-state index is 11.6. The number of hydrogen-bond acceptors (Lipinski definition) is 3. The molecule has 1 aliphatic heterocycles. The molecule has 4 heteroatoms. The van der Waals surface area contributed by atoms with Gasteiger partial charge in [-0.1, -0.05) is 31.9 Å². The average molecular weight is 253 g/mol. The Hall–Kier alpha value is -1.13. The monoisotopic (exact) mass is 253 g/mol. The predicted octanol–water partition coefficient (Wildman–Crippen LogP) is 2.17. The minimum absolute atomic E-state index is 0.105. The molecule has 0 spiro atoms. The van der Waals surface area contributed by atoms with Gasteiger partial charge in [0.1, 0.15) is 0 Å². The third-order valence-electron chi connectivity index (χ3n) is 2.60. The van der Waals surface area contributed by atoms with Gasteiger partial charge in [0.2, 0.25) is 5.91 Å². The predicted molar refractivity (Wildman–Crippen MR) is 71.1 cm³/mol. The molecule has 0 radical (unpaired) electrons. The van der Waals surface area contributed by atoms with E-state index in [-0.39, 0.29) is 12.2 Å². The van der Waals surface area contributed by atoms with Gasteiger partial charge in [0.25, 0.3) is 0 Å². The van der Waals surface area contributed by atoms with Crippen molar-refractivity contribution in [2.75, 3.05) is 19.8 Å². The second-order valence-corrected chi connectivity index (χ2v) is 4.35. The Morgan fingerprint density at radius 2 is 2.11 bits per heavy atom. The molecule has 4 nitrogen and oxygen atoms in total. The van der Waals surface area contributed by atoms with Crippen molar-refractivity contribution in [3.05, 3.63) is 23.8 Å². The molecule has 1 fully saturated rings. The van der Waals surface area contributed by atoms with Crippen molar-refractivity contribution in [2.24, 2.45) is 0 Å². The van der Waals surface area contributed by atoms with Crippen molar-refractivity contribution < 1.29 is 14.3 Å². The summed E-state index contributed by atoms with van der Waals surface area (Å²) >= 11 is 0. The fourth-order valence-electron chi connectivity index (χ4n) is 1.61. The summed E-state index contributed by atoms with van der Waals surface area (Å²) in [7, 11) is 0. The van der Waals surface area contributed by atoms with Crippen LogP contribution in [0.4, 0.5) is 0 Å². The van der Waals surface area contributed by atoms with E-state index in [1.807, 2.05) is 13.0 Å². The first-order valence-corrected chi connectivity index (χ1v) is 6.58. The van der Waals surface area contributed by atoms with Crippen molar-refractivity contribution in [2.45, 2.75) is 39.4 Å². The lowest BCUT2D eigenvalue weighted by molar-refractivity contribution is -0.118. The zero-order valence-corrected chi connectivity index (χ0v) is 11.3. The van der Waals surface area contributed by atoms with Gasteiger partial charge in [0.05, 0.1) is 19.8 Å². The summed E-state index contributed by atoms with van der Waals surface area (Å²) in [6.07, 6.45) is 8.83. The van der Waals surface area contributed by atoms with Crippen LogP contribution in [0.25, 0.3) is 0 Å². The van der Waals surface area contributed by atoms with E-state index in [0.717, 1.165) is 12.0 Å². The molecular formula is C14H23NO3. The van der Waals surface area contributed by atoms with E-state index < -0.39 is 0 Å². The van der Waals surface area contributed by atoms with Crippen LogP contribution in [0.2, 0.25) is 0 Å². The minimum atomic E-state index is -0.289. The number of ether oxygens (including phenoxy) is 2. The van der Waals surface area contributed by atoms with Crippen LogP contribution in [0.15, 0.2) is 23.8 Å². The molecule has 0 aromatic carbocycles. The number of hydrogen-bond donors (Lipinski definition) is 1. The number of amides is 1. The third-order valence-corrected chi connectivity index (χ3v) is 2.60. The minimum Gasteiger partial charge on any atom is -0.348 e. The van der Waals surface area contributed by atoms with E-state index in [4.69, 9.17) is 9.47 Å². The summed E-state index contributed by atoms with van der Waals surface area (Å²) in [6, 6.07) is 0.